The second kappa shape index (κ2) is 11.4. The SMILES string of the molecule is CC.C[C@@]12CC[C@@H](COC(=O)c3ccccc3)[C@H](CCc3ccoc3)[C@H]1CCC=C2C(=O)O. The number of furan rings is 1. The van der Waals surface area contributed by atoms with Crippen LogP contribution in [0, 0.1) is 23.2 Å². The molecular formula is C28H36O5. The first-order valence-electron chi connectivity index (χ1n) is 12.2. The molecule has 2 aliphatic carbocycles. The van der Waals surface area contributed by atoms with E-state index in [-0.39, 0.29) is 23.2 Å². The molecule has 0 radical (unpaired) electrons. The third-order valence-corrected chi connectivity index (χ3v) is 7.43. The molecule has 0 amide bonds. The number of fused-ring (bicyclic) bond motifs is 1. The van der Waals surface area contributed by atoms with E-state index in [0.29, 0.717) is 23.7 Å². The Morgan fingerprint density at radius 3 is 2.58 bits per heavy atom. The van der Waals surface area contributed by atoms with Crippen LogP contribution in [0.1, 0.15) is 68.8 Å². The highest BCUT2D eigenvalue weighted by Gasteiger charge is 2.50. The lowest BCUT2D eigenvalue weighted by Crippen LogP contribution is -2.47. The quantitative estimate of drug-likeness (QED) is 0.482. The Morgan fingerprint density at radius 2 is 1.91 bits per heavy atom. The molecule has 1 fully saturated rings. The van der Waals surface area contributed by atoms with Gasteiger partial charge in [-0.05, 0) is 80.0 Å². The Balaban J connectivity index is 0.00000149. The average molecular weight is 453 g/mol. The zero-order chi connectivity index (χ0) is 23.8. The number of esters is 1. The fourth-order valence-corrected chi connectivity index (χ4v) is 5.78. The minimum Gasteiger partial charge on any atom is -0.478 e. The fourth-order valence-electron chi connectivity index (χ4n) is 5.78. The van der Waals surface area contributed by atoms with E-state index in [1.165, 1.54) is 0 Å². The lowest BCUT2D eigenvalue weighted by Gasteiger charge is -2.52. The molecule has 178 valence electrons. The third-order valence-electron chi connectivity index (χ3n) is 7.43. The number of hydrogen-bond acceptors (Lipinski definition) is 4. The lowest BCUT2D eigenvalue weighted by molar-refractivity contribution is -0.135. The van der Waals surface area contributed by atoms with E-state index >= 15 is 0 Å². The molecule has 0 saturated heterocycles. The largest absolute Gasteiger partial charge is 0.478 e. The summed E-state index contributed by atoms with van der Waals surface area (Å²) in [6.45, 7) is 6.50. The second-order valence-electron chi connectivity index (χ2n) is 9.12. The van der Waals surface area contributed by atoms with Crippen molar-refractivity contribution in [2.45, 2.75) is 59.3 Å². The number of aliphatic carboxylic acids is 1. The highest BCUT2D eigenvalue weighted by Crippen LogP contribution is 2.56. The number of rotatable bonds is 7. The van der Waals surface area contributed by atoms with Crippen LogP contribution in [0.5, 0.6) is 0 Å². The molecule has 1 heterocycles. The van der Waals surface area contributed by atoms with E-state index in [1.807, 2.05) is 44.2 Å². The molecule has 33 heavy (non-hydrogen) atoms. The van der Waals surface area contributed by atoms with Gasteiger partial charge in [-0.25, -0.2) is 9.59 Å². The zero-order valence-electron chi connectivity index (χ0n) is 20.0. The summed E-state index contributed by atoms with van der Waals surface area (Å²) in [5.74, 6) is -0.303. The Hall–Kier alpha value is -2.82. The molecule has 1 saturated carbocycles. The van der Waals surface area contributed by atoms with Crippen LogP contribution in [0.2, 0.25) is 0 Å². The zero-order valence-corrected chi connectivity index (χ0v) is 20.0. The van der Waals surface area contributed by atoms with Crippen LogP contribution in [0.15, 0.2) is 65.0 Å². The van der Waals surface area contributed by atoms with Crippen LogP contribution < -0.4 is 0 Å². The number of aryl methyl sites for hydroxylation is 1. The van der Waals surface area contributed by atoms with Crippen LogP contribution in [-0.4, -0.2) is 23.7 Å². The maximum Gasteiger partial charge on any atom is 0.338 e. The van der Waals surface area contributed by atoms with Crippen LogP contribution in [-0.2, 0) is 16.0 Å². The van der Waals surface area contributed by atoms with Crippen molar-refractivity contribution in [3.05, 3.63) is 71.7 Å². The summed E-state index contributed by atoms with van der Waals surface area (Å²) in [7, 11) is 0. The number of carboxylic acids is 1. The standard InChI is InChI=1S/C26H30O5.C2H6/c1-26-14-12-20(17-31-25(29)19-6-3-2-4-7-19)21(11-10-18-13-15-30-16-18)22(26)8-5-9-23(26)24(27)28;1-2/h2-4,6-7,9,13,15-16,20-22H,5,8,10-12,14,17H2,1H3,(H,27,28);1-2H3/t20-,21-,22+,26+;/m0./s1. The normalized spacial score (nSPS) is 26.3. The highest BCUT2D eigenvalue weighted by atomic mass is 16.5. The van der Waals surface area contributed by atoms with Gasteiger partial charge in [0.2, 0.25) is 0 Å². The average Bonchev–Trinajstić information content (AvgIpc) is 3.36. The van der Waals surface area contributed by atoms with Gasteiger partial charge in [0.25, 0.3) is 0 Å². The Labute approximate surface area is 196 Å². The highest BCUT2D eigenvalue weighted by molar-refractivity contribution is 5.89. The Bertz CT molecular complexity index is 930. The number of benzene rings is 1. The van der Waals surface area contributed by atoms with Crippen molar-refractivity contribution in [2.24, 2.45) is 23.2 Å². The Morgan fingerprint density at radius 1 is 1.15 bits per heavy atom. The van der Waals surface area contributed by atoms with Crippen molar-refractivity contribution >= 4 is 11.9 Å². The van der Waals surface area contributed by atoms with E-state index in [0.717, 1.165) is 44.1 Å². The predicted octanol–water partition coefficient (Wildman–Crippen LogP) is 6.55. The summed E-state index contributed by atoms with van der Waals surface area (Å²) in [6, 6.07) is 11.1. The molecule has 1 aromatic heterocycles. The maximum absolute atomic E-state index is 12.5. The molecular weight excluding hydrogens is 416 g/mol. The van der Waals surface area contributed by atoms with Crippen molar-refractivity contribution in [2.75, 3.05) is 6.61 Å². The van der Waals surface area contributed by atoms with E-state index in [4.69, 9.17) is 9.15 Å². The summed E-state index contributed by atoms with van der Waals surface area (Å²) in [4.78, 5) is 24.5. The van der Waals surface area contributed by atoms with Gasteiger partial charge < -0.3 is 14.3 Å². The number of carbonyl (C=O) groups is 2. The first kappa shape index (κ1) is 24.8. The monoisotopic (exact) mass is 452 g/mol. The maximum atomic E-state index is 12.5. The van der Waals surface area contributed by atoms with Gasteiger partial charge in [-0.3, -0.25) is 0 Å². The van der Waals surface area contributed by atoms with E-state index in [1.54, 1.807) is 24.7 Å². The minimum absolute atomic E-state index is 0.228. The van der Waals surface area contributed by atoms with Crippen LogP contribution in [0.3, 0.4) is 0 Å². The van der Waals surface area contributed by atoms with Crippen molar-refractivity contribution in [1.29, 1.82) is 0 Å². The van der Waals surface area contributed by atoms with Crippen LogP contribution in [0.4, 0.5) is 0 Å². The van der Waals surface area contributed by atoms with Gasteiger partial charge >= 0.3 is 11.9 Å². The van der Waals surface area contributed by atoms with Gasteiger partial charge in [0.15, 0.2) is 0 Å². The van der Waals surface area contributed by atoms with E-state index < -0.39 is 5.97 Å². The summed E-state index contributed by atoms with van der Waals surface area (Å²) in [6.07, 6.45) is 10.6. The molecule has 2 aromatic rings. The summed E-state index contributed by atoms with van der Waals surface area (Å²) in [5, 5.41) is 9.83. The molecule has 0 unspecified atom stereocenters. The molecule has 5 heteroatoms. The van der Waals surface area contributed by atoms with Gasteiger partial charge in [0, 0.05) is 11.0 Å². The molecule has 0 aliphatic heterocycles. The second-order valence-corrected chi connectivity index (χ2v) is 9.12. The molecule has 1 aromatic carbocycles. The number of hydrogen-bond donors (Lipinski definition) is 1. The summed E-state index contributed by atoms with van der Waals surface area (Å²) in [5.41, 5.74) is 1.95. The molecule has 0 bridgehead atoms. The first-order valence-corrected chi connectivity index (χ1v) is 12.2. The Kier molecular flexibility index (Phi) is 8.54. The molecule has 1 N–H and O–H groups in total. The molecule has 5 nitrogen and oxygen atoms in total. The molecule has 0 spiro atoms. The number of carbonyl (C=O) groups excluding carboxylic acids is 1. The topological polar surface area (TPSA) is 76.7 Å². The number of ether oxygens (including phenoxy) is 1. The third kappa shape index (κ3) is 5.58. The lowest BCUT2D eigenvalue weighted by atomic mass is 9.52. The van der Waals surface area contributed by atoms with E-state index in [9.17, 15) is 14.7 Å². The van der Waals surface area contributed by atoms with Gasteiger partial charge in [-0.1, -0.05) is 45.0 Å². The molecule has 2 aliphatic rings. The van der Waals surface area contributed by atoms with Gasteiger partial charge in [0.05, 0.1) is 24.7 Å². The first-order chi connectivity index (χ1) is 16.0. The van der Waals surface area contributed by atoms with Crippen molar-refractivity contribution in [3.63, 3.8) is 0 Å². The predicted molar refractivity (Wildman–Crippen MR) is 128 cm³/mol. The van der Waals surface area contributed by atoms with Crippen LogP contribution >= 0.6 is 0 Å². The minimum atomic E-state index is -0.797. The summed E-state index contributed by atoms with van der Waals surface area (Å²) < 4.78 is 11.0. The van der Waals surface area contributed by atoms with Crippen LogP contribution in [0.25, 0.3) is 0 Å². The molecule has 4 rings (SSSR count). The van der Waals surface area contributed by atoms with E-state index in [2.05, 4.69) is 6.92 Å². The van der Waals surface area contributed by atoms with Crippen molar-refractivity contribution in [1.82, 2.24) is 0 Å². The van der Waals surface area contributed by atoms with Crippen molar-refractivity contribution in [3.8, 4) is 0 Å². The smallest absolute Gasteiger partial charge is 0.338 e. The number of allylic oxidation sites excluding steroid dienone is 1. The van der Waals surface area contributed by atoms with Gasteiger partial charge in [0.1, 0.15) is 0 Å². The van der Waals surface area contributed by atoms with Crippen molar-refractivity contribution < 1.29 is 23.8 Å². The number of carboxylic acid groups (broad SMARTS) is 1. The molecule has 4 atom stereocenters. The van der Waals surface area contributed by atoms with Gasteiger partial charge in [-0.2, -0.15) is 0 Å². The fraction of sp³-hybridized carbons (Fsp3) is 0.500. The summed E-state index contributed by atoms with van der Waals surface area (Å²) >= 11 is 0. The van der Waals surface area contributed by atoms with Gasteiger partial charge in [-0.15, -0.1) is 0 Å².